The van der Waals surface area contributed by atoms with Crippen molar-refractivity contribution in [3.63, 3.8) is 0 Å². The van der Waals surface area contributed by atoms with E-state index in [0.717, 1.165) is 39.0 Å². The van der Waals surface area contributed by atoms with Crippen molar-refractivity contribution in [1.29, 1.82) is 0 Å². The molecule has 0 radical (unpaired) electrons. The third kappa shape index (κ3) is 6.70. The maximum Gasteiger partial charge on any atom is 0.673 e. The van der Waals surface area contributed by atoms with E-state index in [0.29, 0.717) is 6.54 Å². The summed E-state index contributed by atoms with van der Waals surface area (Å²) < 4.78 is 50.4. The van der Waals surface area contributed by atoms with Crippen LogP contribution < -0.4 is 15.1 Å². The molecule has 0 aliphatic heterocycles. The lowest BCUT2D eigenvalue weighted by Crippen LogP contribution is -2.75. The van der Waals surface area contributed by atoms with Crippen LogP contribution in [0.5, 0.6) is 5.75 Å². The van der Waals surface area contributed by atoms with Crippen LogP contribution in [0, 0.1) is 0 Å². The van der Waals surface area contributed by atoms with Gasteiger partial charge in [0, 0.05) is 23.5 Å². The fourth-order valence-electron chi connectivity index (χ4n) is 2.88. The first kappa shape index (κ1) is 22.1. The van der Waals surface area contributed by atoms with Gasteiger partial charge in [-0.1, -0.05) is 12.1 Å². The third-order valence-electron chi connectivity index (χ3n) is 4.25. The number of pyridine rings is 1. The van der Waals surface area contributed by atoms with Crippen molar-refractivity contribution in [2.75, 3.05) is 7.11 Å². The molecule has 0 aliphatic rings. The van der Waals surface area contributed by atoms with Gasteiger partial charge in [0.1, 0.15) is 17.1 Å². The average Bonchev–Trinajstić information content (AvgIpc) is 2.77. The lowest BCUT2D eigenvalue weighted by Gasteiger charge is -2.04. The first-order valence-corrected chi connectivity index (χ1v) is 9.34. The number of nitrogens with one attached hydrogen (secondary N) is 1. The molecule has 4 rings (SSSR count). The van der Waals surface area contributed by atoms with Gasteiger partial charge in [0.15, 0.2) is 6.54 Å². The highest BCUT2D eigenvalue weighted by atomic mass is 19.5. The summed E-state index contributed by atoms with van der Waals surface area (Å²) in [5, 5.41) is 2.08. The van der Waals surface area contributed by atoms with E-state index in [9.17, 15) is 17.3 Å². The Morgan fingerprint density at radius 3 is 2.32 bits per heavy atom. The van der Waals surface area contributed by atoms with Gasteiger partial charge in [-0.05, 0) is 48.5 Å². The summed E-state index contributed by atoms with van der Waals surface area (Å²) in [6.07, 6.45) is 3.65. The minimum absolute atomic E-state index is 0.698. The number of halogens is 4. The number of rotatable bonds is 4. The van der Waals surface area contributed by atoms with Crippen LogP contribution in [0.2, 0.25) is 0 Å². The predicted molar refractivity (Wildman–Crippen MR) is 110 cm³/mol. The second-order valence-corrected chi connectivity index (χ2v) is 6.46. The van der Waals surface area contributed by atoms with E-state index < -0.39 is 7.25 Å². The molecule has 0 atom stereocenters. The smallest absolute Gasteiger partial charge is 0.497 e. The number of methoxy groups -OCH3 is 1. The first-order chi connectivity index (χ1) is 14.8. The Morgan fingerprint density at radius 2 is 1.68 bits per heavy atom. The summed E-state index contributed by atoms with van der Waals surface area (Å²) in [6, 6.07) is 21.9. The summed E-state index contributed by atoms with van der Waals surface area (Å²) in [7, 11) is -4.34. The van der Waals surface area contributed by atoms with E-state index >= 15 is 0 Å². The molecule has 0 unspecified atom stereocenters. The van der Waals surface area contributed by atoms with Crippen molar-refractivity contribution in [2.45, 2.75) is 6.54 Å². The van der Waals surface area contributed by atoms with Gasteiger partial charge in [-0.15, -0.1) is 0 Å². The SMILES string of the molecule is COc1ccc(-c2cc(=[NH+]Cc3cccnc3)c3ccccc3o2)cc1.F[B-](F)(F)F. The minimum Gasteiger partial charge on any atom is -0.497 e. The molecule has 4 nitrogen and oxygen atoms in total. The lowest BCUT2D eigenvalue weighted by atomic mass is 10.1. The van der Waals surface area contributed by atoms with Crippen LogP contribution in [-0.4, -0.2) is 19.3 Å². The van der Waals surface area contributed by atoms with Crippen molar-refractivity contribution >= 4 is 18.2 Å². The molecular formula is C22H19BF4N2O2. The van der Waals surface area contributed by atoms with Crippen molar-refractivity contribution in [2.24, 2.45) is 0 Å². The standard InChI is InChI=1S/C22H18N2O2.BF4/c1-25-18-10-8-17(9-11-18)22-13-20(19-6-2-3-7-21(19)26-22)24-15-16-5-4-12-23-14-16;2-1(3,4)5/h2-14H,15H2,1H3;/q;-1/p+1. The lowest BCUT2D eigenvalue weighted by molar-refractivity contribution is -0.516. The van der Waals surface area contributed by atoms with E-state index in [2.05, 4.69) is 22.1 Å². The van der Waals surface area contributed by atoms with Crippen LogP contribution in [0.25, 0.3) is 22.3 Å². The predicted octanol–water partition coefficient (Wildman–Crippen LogP) is 3.98. The number of hydrogen-bond donors (Lipinski definition) is 1. The van der Waals surface area contributed by atoms with Gasteiger partial charge in [0.2, 0.25) is 5.36 Å². The van der Waals surface area contributed by atoms with Gasteiger partial charge in [0.25, 0.3) is 0 Å². The van der Waals surface area contributed by atoms with Gasteiger partial charge < -0.3 is 26.4 Å². The van der Waals surface area contributed by atoms with E-state index in [1.54, 1.807) is 13.3 Å². The fraction of sp³-hybridized carbons (Fsp3) is 0.0909. The number of para-hydroxylation sites is 1. The molecule has 2 heterocycles. The van der Waals surface area contributed by atoms with E-state index in [1.165, 1.54) is 0 Å². The molecule has 0 saturated heterocycles. The largest absolute Gasteiger partial charge is 0.673 e. The second kappa shape index (κ2) is 9.93. The van der Waals surface area contributed by atoms with Crippen LogP contribution in [0.3, 0.4) is 0 Å². The molecule has 0 bridgehead atoms. The molecule has 0 aliphatic carbocycles. The molecule has 160 valence electrons. The van der Waals surface area contributed by atoms with E-state index in [1.807, 2.05) is 60.8 Å². The molecule has 9 heteroatoms. The number of fused-ring (bicyclic) bond motifs is 1. The fourth-order valence-corrected chi connectivity index (χ4v) is 2.88. The quantitative estimate of drug-likeness (QED) is 0.394. The Hall–Kier alpha value is -3.62. The normalized spacial score (nSPS) is 11.7. The van der Waals surface area contributed by atoms with Gasteiger partial charge in [-0.25, -0.2) is 4.99 Å². The topological polar surface area (TPSA) is 49.2 Å². The molecule has 31 heavy (non-hydrogen) atoms. The molecule has 2 aromatic heterocycles. The van der Waals surface area contributed by atoms with Crippen LogP contribution in [-0.2, 0) is 6.54 Å². The van der Waals surface area contributed by atoms with Gasteiger partial charge >= 0.3 is 7.25 Å². The number of ether oxygens (including phenoxy) is 1. The molecular weight excluding hydrogens is 411 g/mol. The number of aromatic nitrogens is 1. The number of hydrogen-bond acceptors (Lipinski definition) is 3. The zero-order valence-electron chi connectivity index (χ0n) is 16.6. The van der Waals surface area contributed by atoms with Crippen molar-refractivity contribution in [3.05, 3.63) is 90.0 Å². The highest BCUT2D eigenvalue weighted by molar-refractivity contribution is 6.50. The number of nitrogens with zero attached hydrogens (tertiary/aromatic N) is 1. The molecule has 4 aromatic rings. The Balaban J connectivity index is 0.000000491. The Bertz CT molecular complexity index is 1190. The summed E-state index contributed by atoms with van der Waals surface area (Å²) >= 11 is 0. The van der Waals surface area contributed by atoms with Crippen molar-refractivity contribution < 1.29 is 31.4 Å². The maximum atomic E-state index is 9.75. The van der Waals surface area contributed by atoms with Gasteiger partial charge in [-0.3, -0.25) is 4.98 Å². The zero-order valence-corrected chi connectivity index (χ0v) is 16.6. The highest BCUT2D eigenvalue weighted by Crippen LogP contribution is 2.23. The first-order valence-electron chi connectivity index (χ1n) is 9.34. The second-order valence-electron chi connectivity index (χ2n) is 6.46. The van der Waals surface area contributed by atoms with Gasteiger partial charge in [-0.2, -0.15) is 0 Å². The van der Waals surface area contributed by atoms with Crippen molar-refractivity contribution in [3.8, 4) is 17.1 Å². The summed E-state index contributed by atoms with van der Waals surface area (Å²) in [6.45, 7) is 0.698. The van der Waals surface area contributed by atoms with Crippen LogP contribution in [0.15, 0.2) is 83.5 Å². The van der Waals surface area contributed by atoms with Crippen molar-refractivity contribution in [1.82, 2.24) is 4.98 Å². The molecule has 0 fully saturated rings. The van der Waals surface area contributed by atoms with E-state index in [-0.39, 0.29) is 0 Å². The zero-order chi connectivity index (χ0) is 22.3. The Morgan fingerprint density at radius 1 is 0.968 bits per heavy atom. The maximum absolute atomic E-state index is 9.75. The Labute approximate surface area is 176 Å². The summed E-state index contributed by atoms with van der Waals surface area (Å²) in [5.41, 5.74) is 2.97. The van der Waals surface area contributed by atoms with E-state index in [4.69, 9.17) is 9.15 Å². The summed E-state index contributed by atoms with van der Waals surface area (Å²) in [5.74, 6) is 1.63. The minimum atomic E-state index is -6.00. The number of benzene rings is 2. The highest BCUT2D eigenvalue weighted by Gasteiger charge is 2.20. The Kier molecular flexibility index (Phi) is 7.07. The molecule has 0 amide bonds. The average molecular weight is 430 g/mol. The molecule has 0 saturated carbocycles. The van der Waals surface area contributed by atoms with Crippen LogP contribution in [0.4, 0.5) is 17.3 Å². The summed E-state index contributed by atoms with van der Waals surface area (Å²) in [4.78, 5) is 7.68. The van der Waals surface area contributed by atoms with Gasteiger partial charge in [0.05, 0.1) is 18.6 Å². The molecule has 0 spiro atoms. The molecule has 2 aromatic carbocycles. The monoisotopic (exact) mass is 430 g/mol. The third-order valence-corrected chi connectivity index (χ3v) is 4.25. The van der Waals surface area contributed by atoms with Crippen LogP contribution >= 0.6 is 0 Å². The molecule has 1 N–H and O–H groups in total. The van der Waals surface area contributed by atoms with Crippen LogP contribution in [0.1, 0.15) is 5.56 Å².